The van der Waals surface area contributed by atoms with Crippen molar-refractivity contribution in [1.29, 1.82) is 0 Å². The molecule has 2 aliphatic heterocycles. The average Bonchev–Trinajstić information content (AvgIpc) is 3.35. The molecule has 2 aliphatic rings. The number of fused-ring (bicyclic) bond motifs is 3. The van der Waals surface area contributed by atoms with Crippen molar-refractivity contribution in [2.45, 2.75) is 159 Å². The van der Waals surface area contributed by atoms with Gasteiger partial charge in [0.05, 0.1) is 44.1 Å². The number of phosphoric acid groups is 2. The molecule has 9 N–H and O–H groups in total. The van der Waals surface area contributed by atoms with Crippen LogP contribution in [-0.4, -0.2) is 119 Å². The van der Waals surface area contributed by atoms with E-state index in [2.05, 4.69) is 64.8 Å². The molecule has 23 heteroatoms. The SMILES string of the molecule is CC/C=C\C/C=C\C/C=C\C/C=C\C/C=C\C/C=C\CCC(=O)OC[C@@H]1COP(=O)(O)OP(=O)(O)OC[C@H]2O[C@@H](n3ccc(N)nc3=O)[C@H](C/C=C\CC(=O)O1)[C@@H](O)C[C@@H](O)[C@H](C=C[C@H](O)CCCCC)[C@H](O)[C@@H]2O. The summed E-state index contributed by atoms with van der Waals surface area (Å²) >= 11 is 0. The molecular weight excluding hydrogens is 1020 g/mol. The smallest absolute Gasteiger partial charge is 0.462 e. The molecule has 0 radical (unpaired) electrons. The van der Waals surface area contributed by atoms with Gasteiger partial charge in [0.25, 0.3) is 0 Å². The molecule has 3 rings (SSSR count). The van der Waals surface area contributed by atoms with Crippen molar-refractivity contribution in [2.24, 2.45) is 11.8 Å². The predicted octanol–water partition coefficient (Wildman–Crippen LogP) is 6.82. The predicted molar refractivity (Wildman–Crippen MR) is 281 cm³/mol. The number of nitrogens with two attached hydrogens (primary N) is 1. The van der Waals surface area contributed by atoms with E-state index in [0.29, 0.717) is 25.7 Å². The molecule has 1 aromatic rings. The number of carbonyl (C=O) groups excluding carboxylic acids is 2. The summed E-state index contributed by atoms with van der Waals surface area (Å²) in [5.41, 5.74) is 4.72. The fourth-order valence-corrected chi connectivity index (χ4v) is 9.82. The van der Waals surface area contributed by atoms with E-state index in [1.165, 1.54) is 30.4 Å². The number of ether oxygens (including phenoxy) is 3. The molecule has 75 heavy (non-hydrogen) atoms. The summed E-state index contributed by atoms with van der Waals surface area (Å²) in [7, 11) is -11.3. The highest BCUT2D eigenvalue weighted by molar-refractivity contribution is 7.61. The number of cyclic esters (lactones) is 1. The number of hydrogen-bond acceptors (Lipinski definition) is 18. The van der Waals surface area contributed by atoms with Crippen molar-refractivity contribution in [1.82, 2.24) is 9.55 Å². The number of carbonyl (C=O) groups is 2. The maximum absolute atomic E-state index is 13.3. The molecule has 420 valence electrons. The molecule has 2 unspecified atom stereocenters. The van der Waals surface area contributed by atoms with Gasteiger partial charge in [-0.15, -0.1) is 0 Å². The molecule has 0 aliphatic carbocycles. The van der Waals surface area contributed by atoms with Crippen molar-refractivity contribution in [2.75, 3.05) is 25.6 Å². The number of nitrogens with zero attached hydrogens (tertiary/aromatic N) is 2. The van der Waals surface area contributed by atoms with Crippen LogP contribution >= 0.6 is 15.6 Å². The highest BCUT2D eigenvalue weighted by atomic mass is 31.3. The van der Waals surface area contributed by atoms with Crippen LogP contribution in [0.1, 0.15) is 116 Å². The van der Waals surface area contributed by atoms with Gasteiger partial charge in [0, 0.05) is 30.9 Å². The van der Waals surface area contributed by atoms with Crippen LogP contribution in [-0.2, 0) is 46.3 Å². The lowest BCUT2D eigenvalue weighted by molar-refractivity contribution is -0.194. The standard InChI is InChI=1S/C52H79N3O18P2/c1-3-5-7-8-9-10-11-12-13-14-15-16-17-18-19-20-21-22-24-29-47(59)68-36-40-37-69-74(64,65)73-75(66,67)70-38-45-50(62)49(61)41(32-31-39(56)27-23-6-4-2)43(57)35-44(58)42(28-25-26-30-48(60)71-40)51(72-45)55-34-33-46(53)54-52(55)63/h5,7,9-10,12-13,15-16,18-19,21-22,25-26,31-34,39-45,49-51,56-58,61-62H,3-4,6,8,11,14,17,20,23-24,27-30,35-38H2,1-2H3,(H,64,65)(H,66,67)(H2,53,54,63)/b7-5-,10-9-,13-12-,16-15-,19-18-,22-21-,26-25-,32-31?/t39-,40-,41+,42-,43-,44+,45-,49+,50-,51-/m1/s1. The van der Waals surface area contributed by atoms with Gasteiger partial charge in [0.1, 0.15) is 30.9 Å². The summed E-state index contributed by atoms with van der Waals surface area (Å²) < 4.78 is 58.5. The number of allylic oxidation sites excluding steroid dienone is 13. The minimum atomic E-state index is -5.71. The fourth-order valence-electron chi connectivity index (χ4n) is 7.71. The maximum Gasteiger partial charge on any atom is 0.481 e. The molecule has 0 amide bonds. The molecule has 12 atom stereocenters. The van der Waals surface area contributed by atoms with E-state index in [0.717, 1.165) is 55.7 Å². The van der Waals surface area contributed by atoms with E-state index in [9.17, 15) is 58.8 Å². The molecule has 0 aromatic carbocycles. The van der Waals surface area contributed by atoms with Gasteiger partial charge >= 0.3 is 33.3 Å². The Morgan fingerprint density at radius 2 is 1.44 bits per heavy atom. The van der Waals surface area contributed by atoms with Crippen molar-refractivity contribution >= 4 is 33.4 Å². The zero-order chi connectivity index (χ0) is 55.1. The lowest BCUT2D eigenvalue weighted by Gasteiger charge is -2.40. The summed E-state index contributed by atoms with van der Waals surface area (Å²) in [5, 5.41) is 57.3. The molecule has 2 bridgehead atoms. The van der Waals surface area contributed by atoms with Crippen LogP contribution < -0.4 is 11.4 Å². The minimum Gasteiger partial charge on any atom is -0.462 e. The van der Waals surface area contributed by atoms with E-state index in [4.69, 9.17) is 29.0 Å². The highest BCUT2D eigenvalue weighted by Gasteiger charge is 2.45. The van der Waals surface area contributed by atoms with Gasteiger partial charge in [0.15, 0.2) is 6.10 Å². The first-order valence-electron chi connectivity index (χ1n) is 25.5. The molecule has 3 heterocycles. The number of nitrogen functional groups attached to an aromatic ring is 1. The maximum atomic E-state index is 13.3. The first kappa shape index (κ1) is 64.8. The third kappa shape index (κ3) is 26.5. The van der Waals surface area contributed by atoms with E-state index in [1.807, 2.05) is 25.2 Å². The Kier molecular flexibility index (Phi) is 31.0. The molecule has 0 saturated carbocycles. The van der Waals surface area contributed by atoms with Crippen LogP contribution in [0, 0.1) is 11.8 Å². The molecule has 0 spiro atoms. The molecule has 21 nitrogen and oxygen atoms in total. The Morgan fingerprint density at radius 3 is 2.04 bits per heavy atom. The number of anilines is 1. The fraction of sp³-hybridized carbons (Fsp3) is 0.577. The third-order valence-electron chi connectivity index (χ3n) is 11.7. The van der Waals surface area contributed by atoms with Gasteiger partial charge in [-0.25, -0.2) is 13.9 Å². The summed E-state index contributed by atoms with van der Waals surface area (Å²) in [6.07, 6.45) is 24.5. The number of aliphatic hydroxyl groups is 5. The normalized spacial score (nSPS) is 30.2. The highest BCUT2D eigenvalue weighted by Crippen LogP contribution is 2.60. The van der Waals surface area contributed by atoms with Crippen LogP contribution in [0.4, 0.5) is 5.82 Å². The monoisotopic (exact) mass is 1100 g/mol. The topological polar surface area (TPSA) is 326 Å². The van der Waals surface area contributed by atoms with Crippen molar-refractivity contribution in [3.8, 4) is 0 Å². The Bertz CT molecular complexity index is 2260. The van der Waals surface area contributed by atoms with Crippen LogP contribution in [0.15, 0.2) is 114 Å². The second-order valence-corrected chi connectivity index (χ2v) is 21.0. The molecule has 1 aromatic heterocycles. The quantitative estimate of drug-likeness (QED) is 0.0241. The molecular formula is C52H79N3O18P2. The largest absolute Gasteiger partial charge is 0.481 e. The van der Waals surface area contributed by atoms with Gasteiger partial charge in [-0.1, -0.05) is 130 Å². The van der Waals surface area contributed by atoms with Gasteiger partial charge < -0.3 is 55.3 Å². The van der Waals surface area contributed by atoms with Gasteiger partial charge in [-0.2, -0.15) is 9.29 Å². The number of rotatable bonds is 23. The van der Waals surface area contributed by atoms with Gasteiger partial charge in [-0.05, 0) is 63.9 Å². The summed E-state index contributed by atoms with van der Waals surface area (Å²) in [6.45, 7) is 1.24. The van der Waals surface area contributed by atoms with Crippen LogP contribution in [0.25, 0.3) is 0 Å². The number of phosphoric ester groups is 2. The van der Waals surface area contributed by atoms with E-state index in [1.54, 1.807) is 6.08 Å². The summed E-state index contributed by atoms with van der Waals surface area (Å²) in [4.78, 5) is 64.1. The second kappa shape index (κ2) is 35.8. The average molecular weight is 1100 g/mol. The summed E-state index contributed by atoms with van der Waals surface area (Å²) in [5.74, 6) is -4.56. The Balaban J connectivity index is 1.75. The van der Waals surface area contributed by atoms with Gasteiger partial charge in [-0.3, -0.25) is 23.2 Å². The number of esters is 2. The zero-order valence-electron chi connectivity index (χ0n) is 42.9. The van der Waals surface area contributed by atoms with Gasteiger partial charge in [0.2, 0.25) is 0 Å². The number of aliphatic hydroxyl groups excluding tert-OH is 5. The van der Waals surface area contributed by atoms with Crippen LogP contribution in [0.2, 0.25) is 0 Å². The zero-order valence-corrected chi connectivity index (χ0v) is 44.7. The van der Waals surface area contributed by atoms with Crippen molar-refractivity contribution in [3.63, 3.8) is 0 Å². The minimum absolute atomic E-state index is 0.0707. The number of hydrogen-bond donors (Lipinski definition) is 8. The first-order valence-corrected chi connectivity index (χ1v) is 28.5. The Morgan fingerprint density at radius 1 is 0.840 bits per heavy atom. The second-order valence-electron chi connectivity index (χ2n) is 17.9. The summed E-state index contributed by atoms with van der Waals surface area (Å²) in [6, 6.07) is 1.21. The molecule has 1 fully saturated rings. The molecule has 1 saturated heterocycles. The van der Waals surface area contributed by atoms with E-state index >= 15 is 0 Å². The first-order chi connectivity index (χ1) is 35.9. The van der Waals surface area contributed by atoms with Crippen LogP contribution in [0.5, 0.6) is 0 Å². The lowest BCUT2D eigenvalue weighted by Crippen LogP contribution is -2.52. The number of unbranched alkanes of at least 4 members (excludes halogenated alkanes) is 2. The van der Waals surface area contributed by atoms with E-state index < -0.39 is 127 Å². The Hall–Kier alpha value is -4.44. The van der Waals surface area contributed by atoms with E-state index in [-0.39, 0.29) is 18.7 Å². The van der Waals surface area contributed by atoms with Crippen LogP contribution in [0.3, 0.4) is 0 Å². The van der Waals surface area contributed by atoms with Crippen molar-refractivity contribution in [3.05, 3.63) is 120 Å². The van der Waals surface area contributed by atoms with Crippen molar-refractivity contribution < 1.29 is 81.6 Å². The Labute approximate surface area is 439 Å². The number of aromatic nitrogens is 2. The lowest BCUT2D eigenvalue weighted by atomic mass is 9.82. The third-order valence-corrected chi connectivity index (χ3v) is 14.3.